The van der Waals surface area contributed by atoms with E-state index in [4.69, 9.17) is 0 Å². The van der Waals surface area contributed by atoms with Gasteiger partial charge in [-0.05, 0) is 42.9 Å². The summed E-state index contributed by atoms with van der Waals surface area (Å²) < 4.78 is 12.6. The minimum atomic E-state index is -0.342. The minimum Gasteiger partial charge on any atom is -0.228 e. The molecule has 1 aromatic heterocycles. The van der Waals surface area contributed by atoms with Crippen LogP contribution in [0.4, 0.5) is 4.39 Å². The Labute approximate surface area is 65.3 Å². The number of hydrogen-bond donors (Lipinski definition) is 0. The number of pyridine rings is 1. The summed E-state index contributed by atoms with van der Waals surface area (Å²) in [5.41, 5.74) is 2.39. The third-order valence-corrected chi connectivity index (χ3v) is 2.19. The molecule has 0 bridgehead atoms. The van der Waals surface area contributed by atoms with Crippen LogP contribution < -0.4 is 0 Å². The van der Waals surface area contributed by atoms with Crippen LogP contribution in [0.5, 0.6) is 0 Å². The van der Waals surface area contributed by atoms with Crippen molar-refractivity contribution in [2.75, 3.05) is 0 Å². The predicted molar refractivity (Wildman–Crippen MR) is 40.8 cm³/mol. The molecule has 0 aliphatic heterocycles. The Morgan fingerprint density at radius 2 is 1.91 bits per heavy atom. The van der Waals surface area contributed by atoms with Crippen molar-refractivity contribution in [1.29, 1.82) is 0 Å². The molecule has 58 valence electrons. The van der Waals surface area contributed by atoms with Gasteiger partial charge in [0.1, 0.15) is 0 Å². The van der Waals surface area contributed by atoms with Gasteiger partial charge in [0.15, 0.2) is 0 Å². The van der Waals surface area contributed by atoms with Crippen LogP contribution in [0.1, 0.15) is 24.0 Å². The lowest BCUT2D eigenvalue weighted by Gasteiger charge is -2.13. The van der Waals surface area contributed by atoms with Crippen LogP contribution in [0.2, 0.25) is 0 Å². The van der Waals surface area contributed by atoms with Gasteiger partial charge in [-0.3, -0.25) is 0 Å². The van der Waals surface area contributed by atoms with Crippen LogP contribution in [-0.4, -0.2) is 4.98 Å². The molecular weight excluding hydrogens is 141 g/mol. The van der Waals surface area contributed by atoms with Gasteiger partial charge in [0.05, 0.1) is 0 Å². The van der Waals surface area contributed by atoms with Gasteiger partial charge in [0.25, 0.3) is 0 Å². The molecule has 0 aromatic carbocycles. The second-order valence-corrected chi connectivity index (χ2v) is 2.98. The molecular formula is C9H10FN. The second kappa shape index (κ2) is 2.61. The number of aryl methyl sites for hydroxylation is 2. The van der Waals surface area contributed by atoms with Crippen molar-refractivity contribution in [3.8, 4) is 0 Å². The third-order valence-electron chi connectivity index (χ3n) is 2.19. The number of aromatic nitrogens is 1. The first-order valence-corrected chi connectivity index (χ1v) is 3.99. The van der Waals surface area contributed by atoms with Gasteiger partial charge in [-0.25, -0.2) is 4.98 Å². The lowest BCUT2D eigenvalue weighted by Crippen LogP contribution is -2.03. The minimum absolute atomic E-state index is 0.342. The molecule has 11 heavy (non-hydrogen) atoms. The largest absolute Gasteiger partial charge is 0.228 e. The van der Waals surface area contributed by atoms with E-state index in [2.05, 4.69) is 4.98 Å². The molecule has 0 unspecified atom stereocenters. The number of halogens is 1. The summed E-state index contributed by atoms with van der Waals surface area (Å²) in [6.07, 6.45) is 6.18. The summed E-state index contributed by atoms with van der Waals surface area (Å²) in [5, 5.41) is 0. The van der Waals surface area contributed by atoms with Crippen molar-refractivity contribution in [2.24, 2.45) is 0 Å². The topological polar surface area (TPSA) is 12.9 Å². The van der Waals surface area contributed by atoms with E-state index in [1.165, 1.54) is 18.4 Å². The number of rotatable bonds is 0. The summed E-state index contributed by atoms with van der Waals surface area (Å²) >= 11 is 0. The number of nitrogens with zero attached hydrogens (tertiary/aromatic N) is 1. The van der Waals surface area contributed by atoms with E-state index in [1.54, 1.807) is 12.3 Å². The molecule has 0 fully saturated rings. The SMILES string of the molecule is Fc1cc2c(cn1)CCCC2. The highest BCUT2D eigenvalue weighted by atomic mass is 19.1. The molecule has 1 aliphatic rings. The van der Waals surface area contributed by atoms with E-state index in [9.17, 15) is 4.39 Å². The van der Waals surface area contributed by atoms with Gasteiger partial charge in [-0.2, -0.15) is 4.39 Å². The molecule has 1 aliphatic carbocycles. The summed E-state index contributed by atoms with van der Waals surface area (Å²) in [4.78, 5) is 3.63. The van der Waals surface area contributed by atoms with Gasteiger partial charge in [0.2, 0.25) is 5.95 Å². The first-order valence-electron chi connectivity index (χ1n) is 3.99. The van der Waals surface area contributed by atoms with Gasteiger partial charge < -0.3 is 0 Å². The monoisotopic (exact) mass is 151 g/mol. The zero-order valence-electron chi connectivity index (χ0n) is 6.31. The van der Waals surface area contributed by atoms with Crippen LogP contribution in [0.15, 0.2) is 12.3 Å². The molecule has 1 nitrogen and oxygen atoms in total. The molecule has 1 aromatic rings. The van der Waals surface area contributed by atoms with Gasteiger partial charge in [-0.15, -0.1) is 0 Å². The smallest absolute Gasteiger partial charge is 0.213 e. The van der Waals surface area contributed by atoms with Gasteiger partial charge >= 0.3 is 0 Å². The van der Waals surface area contributed by atoms with Crippen molar-refractivity contribution in [2.45, 2.75) is 25.7 Å². The molecule has 2 heteroatoms. The zero-order chi connectivity index (χ0) is 7.68. The normalized spacial score (nSPS) is 16.1. The molecule has 2 rings (SSSR count). The quantitative estimate of drug-likeness (QED) is 0.517. The Kier molecular flexibility index (Phi) is 1.60. The maximum atomic E-state index is 12.6. The third kappa shape index (κ3) is 1.25. The maximum Gasteiger partial charge on any atom is 0.213 e. The molecule has 0 saturated carbocycles. The van der Waals surface area contributed by atoms with E-state index in [1.807, 2.05) is 0 Å². The highest BCUT2D eigenvalue weighted by Gasteiger charge is 2.09. The standard InChI is InChI=1S/C9H10FN/c10-9-5-7-3-1-2-4-8(7)6-11-9/h5-6H,1-4H2. The van der Waals surface area contributed by atoms with Crippen molar-refractivity contribution in [3.63, 3.8) is 0 Å². The first kappa shape index (κ1) is 6.77. The fraction of sp³-hybridized carbons (Fsp3) is 0.444. The molecule has 0 spiro atoms. The zero-order valence-corrected chi connectivity index (χ0v) is 6.31. The first-order chi connectivity index (χ1) is 5.36. The summed E-state index contributed by atoms with van der Waals surface area (Å²) in [6, 6.07) is 1.56. The lowest BCUT2D eigenvalue weighted by molar-refractivity contribution is 0.571. The lowest BCUT2D eigenvalue weighted by atomic mass is 9.94. The van der Waals surface area contributed by atoms with Crippen molar-refractivity contribution < 1.29 is 4.39 Å². The molecule has 0 amide bonds. The van der Waals surface area contributed by atoms with Crippen LogP contribution in [0.3, 0.4) is 0 Å². The Morgan fingerprint density at radius 3 is 2.73 bits per heavy atom. The predicted octanol–water partition coefficient (Wildman–Crippen LogP) is 2.10. The van der Waals surface area contributed by atoms with Crippen molar-refractivity contribution in [3.05, 3.63) is 29.3 Å². The van der Waals surface area contributed by atoms with Crippen LogP contribution >= 0.6 is 0 Å². The molecule has 0 atom stereocenters. The number of hydrogen-bond acceptors (Lipinski definition) is 1. The number of fused-ring (bicyclic) bond motifs is 1. The highest BCUT2D eigenvalue weighted by Crippen LogP contribution is 2.19. The summed E-state index contributed by atoms with van der Waals surface area (Å²) in [6.45, 7) is 0. The van der Waals surface area contributed by atoms with Gasteiger partial charge in [-0.1, -0.05) is 0 Å². The second-order valence-electron chi connectivity index (χ2n) is 2.98. The van der Waals surface area contributed by atoms with Crippen LogP contribution in [0, 0.1) is 5.95 Å². The summed E-state index contributed by atoms with van der Waals surface area (Å²) in [5.74, 6) is -0.342. The van der Waals surface area contributed by atoms with E-state index in [0.29, 0.717) is 0 Å². The Morgan fingerprint density at radius 1 is 1.18 bits per heavy atom. The van der Waals surface area contributed by atoms with Gasteiger partial charge in [0, 0.05) is 6.20 Å². The Bertz CT molecular complexity index is 270. The van der Waals surface area contributed by atoms with E-state index in [-0.39, 0.29) is 5.95 Å². The van der Waals surface area contributed by atoms with Crippen molar-refractivity contribution >= 4 is 0 Å². The fourth-order valence-corrected chi connectivity index (χ4v) is 1.58. The Hall–Kier alpha value is -0.920. The van der Waals surface area contributed by atoms with Crippen molar-refractivity contribution in [1.82, 2.24) is 4.98 Å². The van der Waals surface area contributed by atoms with E-state index < -0.39 is 0 Å². The van der Waals surface area contributed by atoms with E-state index in [0.717, 1.165) is 18.4 Å². The average molecular weight is 151 g/mol. The van der Waals surface area contributed by atoms with Crippen LogP contribution in [0.25, 0.3) is 0 Å². The molecule has 1 heterocycles. The maximum absolute atomic E-state index is 12.6. The fourth-order valence-electron chi connectivity index (χ4n) is 1.58. The van der Waals surface area contributed by atoms with E-state index >= 15 is 0 Å². The average Bonchev–Trinajstić information content (AvgIpc) is 2.04. The molecule has 0 saturated heterocycles. The molecule has 0 N–H and O–H groups in total. The highest BCUT2D eigenvalue weighted by molar-refractivity contribution is 5.25. The summed E-state index contributed by atoms with van der Waals surface area (Å²) in [7, 11) is 0. The Balaban J connectivity index is 2.43. The molecule has 0 radical (unpaired) electrons. The van der Waals surface area contributed by atoms with Crippen LogP contribution in [-0.2, 0) is 12.8 Å².